The fourth-order valence-electron chi connectivity index (χ4n) is 5.26. The molecule has 0 spiro atoms. The molecule has 0 aliphatic heterocycles. The van der Waals surface area contributed by atoms with E-state index in [4.69, 9.17) is 18.9 Å². The second-order valence-electron chi connectivity index (χ2n) is 10.6. The summed E-state index contributed by atoms with van der Waals surface area (Å²) < 4.78 is 23.3. The summed E-state index contributed by atoms with van der Waals surface area (Å²) in [6.45, 7) is 7.83. The summed E-state index contributed by atoms with van der Waals surface area (Å²) in [5.74, 6) is 0.916. The number of methoxy groups -OCH3 is 1. The molecule has 218 valence electrons. The smallest absolute Gasteiger partial charge is 0.329 e. The number of amides is 2. The fraction of sp³-hybridized carbons (Fsp3) is 0.548. The zero-order chi connectivity index (χ0) is 28.7. The number of carboxylic acids is 1. The van der Waals surface area contributed by atoms with Gasteiger partial charge in [-0.05, 0) is 62.8 Å². The summed E-state index contributed by atoms with van der Waals surface area (Å²) in [6.07, 6.45) is 2.44. The van der Waals surface area contributed by atoms with Crippen LogP contribution >= 0.6 is 0 Å². The van der Waals surface area contributed by atoms with Gasteiger partial charge in [-0.1, -0.05) is 30.3 Å². The first-order valence-electron chi connectivity index (χ1n) is 14.2. The molecular weight excluding hydrogens is 512 g/mol. The maximum Gasteiger partial charge on any atom is 0.329 e. The van der Waals surface area contributed by atoms with Crippen LogP contribution in [-0.4, -0.2) is 67.1 Å². The number of carboxylic acid groups (broad SMARTS) is 1. The Morgan fingerprint density at radius 3 is 2.23 bits per heavy atom. The molecule has 4 rings (SSSR count). The number of benzene rings is 2. The van der Waals surface area contributed by atoms with Crippen LogP contribution in [-0.2, 0) is 20.9 Å². The molecule has 9 nitrogen and oxygen atoms in total. The molecular formula is C31H42N2O7. The van der Waals surface area contributed by atoms with Crippen molar-refractivity contribution in [3.8, 4) is 11.5 Å². The van der Waals surface area contributed by atoms with Crippen LogP contribution in [0.4, 0.5) is 4.79 Å². The Bertz CT molecular complexity index is 1120. The lowest BCUT2D eigenvalue weighted by Gasteiger charge is -2.45. The van der Waals surface area contributed by atoms with Crippen molar-refractivity contribution in [2.24, 2.45) is 0 Å². The number of nitrogens with one attached hydrogen (secondary N) is 1. The highest BCUT2D eigenvalue weighted by Gasteiger charge is 2.52. The van der Waals surface area contributed by atoms with Crippen LogP contribution in [0.15, 0.2) is 42.5 Å². The van der Waals surface area contributed by atoms with Crippen LogP contribution in [0.5, 0.6) is 11.5 Å². The van der Waals surface area contributed by atoms with E-state index in [1.165, 1.54) is 0 Å². The third-order valence-corrected chi connectivity index (χ3v) is 7.75. The van der Waals surface area contributed by atoms with Gasteiger partial charge in [0.1, 0.15) is 17.0 Å². The topological polar surface area (TPSA) is 107 Å². The average Bonchev–Trinajstić information content (AvgIpc) is 3.76. The molecule has 2 saturated carbocycles. The molecule has 2 aliphatic carbocycles. The molecule has 0 unspecified atom stereocenters. The maximum atomic E-state index is 13.7. The lowest BCUT2D eigenvalue weighted by atomic mass is 9.74. The molecule has 0 bridgehead atoms. The Labute approximate surface area is 236 Å². The summed E-state index contributed by atoms with van der Waals surface area (Å²) >= 11 is 0. The SMILES string of the molecule is CCOc1cc([C@@H](C)N(CCOCc2ccccc2)C(=O)NC2(C(=O)O)CC(OC)C2)cc(OCC)c1C1CC1. The van der Waals surface area contributed by atoms with Gasteiger partial charge in [-0.2, -0.15) is 0 Å². The number of nitrogens with zero attached hydrogens (tertiary/aromatic N) is 1. The second-order valence-corrected chi connectivity index (χ2v) is 10.6. The highest BCUT2D eigenvalue weighted by molar-refractivity contribution is 5.87. The third kappa shape index (κ3) is 6.88. The van der Waals surface area contributed by atoms with E-state index in [0.29, 0.717) is 25.7 Å². The molecule has 9 heteroatoms. The lowest BCUT2D eigenvalue weighted by Crippen LogP contribution is -2.66. The largest absolute Gasteiger partial charge is 0.493 e. The minimum absolute atomic E-state index is 0.200. The highest BCUT2D eigenvalue weighted by atomic mass is 16.5. The number of ether oxygens (including phenoxy) is 4. The van der Waals surface area contributed by atoms with Gasteiger partial charge >= 0.3 is 12.0 Å². The van der Waals surface area contributed by atoms with Crippen LogP contribution in [0.2, 0.25) is 0 Å². The molecule has 0 saturated heterocycles. The van der Waals surface area contributed by atoms with Crippen molar-refractivity contribution in [2.75, 3.05) is 33.5 Å². The molecule has 2 aromatic carbocycles. The molecule has 1 atom stereocenters. The number of urea groups is 1. The van der Waals surface area contributed by atoms with Crippen LogP contribution < -0.4 is 14.8 Å². The Morgan fingerprint density at radius 2 is 1.70 bits per heavy atom. The molecule has 40 heavy (non-hydrogen) atoms. The van der Waals surface area contributed by atoms with Crippen molar-refractivity contribution in [3.05, 3.63) is 59.2 Å². The number of carbonyl (C=O) groups excluding carboxylic acids is 1. The van der Waals surface area contributed by atoms with E-state index in [2.05, 4.69) is 5.32 Å². The Kier molecular flexibility index (Phi) is 9.92. The van der Waals surface area contributed by atoms with Crippen molar-refractivity contribution in [1.82, 2.24) is 10.2 Å². The molecule has 2 N–H and O–H groups in total. The molecule has 0 aromatic heterocycles. The minimum Gasteiger partial charge on any atom is -0.493 e. The van der Waals surface area contributed by atoms with Crippen LogP contribution in [0.1, 0.15) is 75.1 Å². The molecule has 2 amide bonds. The zero-order valence-corrected chi connectivity index (χ0v) is 24.0. The lowest BCUT2D eigenvalue weighted by molar-refractivity contribution is -0.155. The van der Waals surface area contributed by atoms with Crippen molar-refractivity contribution in [1.29, 1.82) is 0 Å². The van der Waals surface area contributed by atoms with Gasteiger partial charge in [-0.25, -0.2) is 9.59 Å². The predicted octanol–water partition coefficient (Wildman–Crippen LogP) is 5.28. The monoisotopic (exact) mass is 554 g/mol. The van der Waals surface area contributed by atoms with E-state index in [0.717, 1.165) is 41.0 Å². The summed E-state index contributed by atoms with van der Waals surface area (Å²) in [5, 5.41) is 12.8. The molecule has 0 radical (unpaired) electrons. The summed E-state index contributed by atoms with van der Waals surface area (Å²) in [5.41, 5.74) is 1.62. The quantitative estimate of drug-likeness (QED) is 0.288. The zero-order valence-electron chi connectivity index (χ0n) is 24.0. The van der Waals surface area contributed by atoms with Crippen molar-refractivity contribution < 1.29 is 33.6 Å². The Hall–Kier alpha value is -3.30. The first kappa shape index (κ1) is 29.7. The number of carbonyl (C=O) groups is 2. The normalized spacial score (nSPS) is 20.8. The Balaban J connectivity index is 1.58. The van der Waals surface area contributed by atoms with E-state index in [1.54, 1.807) is 12.0 Å². The number of hydrogen-bond donors (Lipinski definition) is 2. The highest BCUT2D eigenvalue weighted by Crippen LogP contribution is 2.50. The van der Waals surface area contributed by atoms with Crippen molar-refractivity contribution in [3.63, 3.8) is 0 Å². The van der Waals surface area contributed by atoms with Crippen LogP contribution in [0.3, 0.4) is 0 Å². The number of hydrogen-bond acceptors (Lipinski definition) is 6. The fourth-order valence-corrected chi connectivity index (χ4v) is 5.26. The van der Waals surface area contributed by atoms with Gasteiger partial charge in [0.15, 0.2) is 0 Å². The van der Waals surface area contributed by atoms with E-state index in [-0.39, 0.29) is 32.1 Å². The van der Waals surface area contributed by atoms with Gasteiger partial charge in [0.05, 0.1) is 38.6 Å². The average molecular weight is 555 g/mol. The standard InChI is InChI=1S/C31H42N2O7/c1-5-39-26-16-24(17-27(40-6-2)28(26)23-12-13-23)21(3)33(14-15-38-20-22-10-8-7-9-11-22)30(36)32-31(29(34)35)18-25(19-31)37-4/h7-11,16-17,21,23,25H,5-6,12-15,18-20H2,1-4H3,(H,32,36)(H,34,35)/t21-,25?,31?/m1/s1. The first-order valence-corrected chi connectivity index (χ1v) is 14.2. The van der Waals surface area contributed by atoms with Gasteiger partial charge in [0.25, 0.3) is 0 Å². The van der Waals surface area contributed by atoms with E-state index in [9.17, 15) is 14.7 Å². The molecule has 2 aliphatic rings. The predicted molar refractivity (Wildman–Crippen MR) is 151 cm³/mol. The van der Waals surface area contributed by atoms with E-state index in [1.807, 2.05) is 63.2 Å². The summed E-state index contributed by atoms with van der Waals surface area (Å²) in [6, 6.07) is 12.9. The van der Waals surface area contributed by atoms with Crippen LogP contribution in [0, 0.1) is 0 Å². The van der Waals surface area contributed by atoms with Crippen LogP contribution in [0.25, 0.3) is 0 Å². The first-order chi connectivity index (χ1) is 19.3. The minimum atomic E-state index is -1.36. The van der Waals surface area contributed by atoms with Gasteiger partial charge in [0.2, 0.25) is 0 Å². The van der Waals surface area contributed by atoms with E-state index >= 15 is 0 Å². The molecule has 2 fully saturated rings. The van der Waals surface area contributed by atoms with Gasteiger partial charge in [-0.3, -0.25) is 0 Å². The molecule has 0 heterocycles. The number of rotatable bonds is 15. The van der Waals surface area contributed by atoms with Crippen molar-refractivity contribution >= 4 is 12.0 Å². The second kappa shape index (κ2) is 13.4. The Morgan fingerprint density at radius 1 is 1.07 bits per heavy atom. The maximum absolute atomic E-state index is 13.7. The van der Waals surface area contributed by atoms with Gasteiger partial charge < -0.3 is 34.3 Å². The number of aliphatic carboxylic acids is 1. The summed E-state index contributed by atoms with van der Waals surface area (Å²) in [4.78, 5) is 27.5. The van der Waals surface area contributed by atoms with Gasteiger partial charge in [0, 0.05) is 32.1 Å². The van der Waals surface area contributed by atoms with E-state index < -0.39 is 23.6 Å². The summed E-state index contributed by atoms with van der Waals surface area (Å²) in [7, 11) is 1.55. The van der Waals surface area contributed by atoms with Crippen molar-refractivity contribution in [2.45, 2.75) is 76.7 Å². The third-order valence-electron chi connectivity index (χ3n) is 7.75. The molecule has 2 aromatic rings. The van der Waals surface area contributed by atoms with Gasteiger partial charge in [-0.15, -0.1) is 0 Å².